The molecule has 1 amide bonds. The molecule has 7 heteroatoms. The van der Waals surface area contributed by atoms with Gasteiger partial charge < -0.3 is 10.2 Å². The van der Waals surface area contributed by atoms with Crippen molar-refractivity contribution in [2.24, 2.45) is 17.8 Å². The number of nitrogens with zero attached hydrogens (tertiary/aromatic N) is 3. The molecule has 5 unspecified atom stereocenters. The maximum Gasteiger partial charge on any atom is 0.292 e. The largest absolute Gasteiger partial charge is 0.363 e. The number of carbonyl (C=O) groups is 1. The summed E-state index contributed by atoms with van der Waals surface area (Å²) in [6, 6.07) is 6.96. The Balaban J connectivity index is 1.30. The molecule has 1 aromatic rings. The lowest BCUT2D eigenvalue weighted by molar-refractivity contribution is -0.384. The van der Waals surface area contributed by atoms with Crippen LogP contribution in [0, 0.1) is 27.9 Å². The molecule has 2 saturated carbocycles. The minimum Gasteiger partial charge on any atom is -0.363 e. The van der Waals surface area contributed by atoms with E-state index in [9.17, 15) is 14.9 Å². The normalized spacial score (nSPS) is 28.9. The summed E-state index contributed by atoms with van der Waals surface area (Å²) in [5, 5.41) is 14.6. The number of para-hydroxylation sites is 2. The summed E-state index contributed by atoms with van der Waals surface area (Å²) in [5.74, 6) is 2.44. The van der Waals surface area contributed by atoms with Gasteiger partial charge in [-0.2, -0.15) is 0 Å². The number of piperazine rings is 1. The maximum atomic E-state index is 12.9. The molecule has 3 aliphatic rings. The van der Waals surface area contributed by atoms with E-state index >= 15 is 0 Å². The number of nitro benzene ring substituents is 1. The summed E-state index contributed by atoms with van der Waals surface area (Å²) in [6.45, 7) is 6.97. The van der Waals surface area contributed by atoms with Gasteiger partial charge in [0.1, 0.15) is 5.69 Å². The van der Waals surface area contributed by atoms with Crippen LogP contribution in [0.2, 0.25) is 0 Å². The lowest BCUT2D eigenvalue weighted by atomic mass is 9.84. The predicted molar refractivity (Wildman–Crippen MR) is 113 cm³/mol. The Morgan fingerprint density at radius 1 is 1.14 bits per heavy atom. The Hall–Kier alpha value is -2.15. The van der Waals surface area contributed by atoms with Crippen LogP contribution in [-0.4, -0.2) is 54.0 Å². The van der Waals surface area contributed by atoms with Crippen LogP contribution in [0.1, 0.15) is 39.5 Å². The molecule has 2 bridgehead atoms. The molecule has 0 spiro atoms. The third-order valence-corrected chi connectivity index (χ3v) is 7.47. The van der Waals surface area contributed by atoms with Gasteiger partial charge in [0.25, 0.3) is 5.69 Å². The van der Waals surface area contributed by atoms with Gasteiger partial charge in [-0.05, 0) is 56.9 Å². The smallest absolute Gasteiger partial charge is 0.292 e. The van der Waals surface area contributed by atoms with E-state index in [1.807, 2.05) is 13.0 Å². The second-order valence-corrected chi connectivity index (χ2v) is 9.08. The van der Waals surface area contributed by atoms with Crippen molar-refractivity contribution in [2.45, 2.75) is 51.6 Å². The highest BCUT2D eigenvalue weighted by Gasteiger charge is 2.42. The topological polar surface area (TPSA) is 78.7 Å². The first-order valence-electron chi connectivity index (χ1n) is 11.0. The van der Waals surface area contributed by atoms with Gasteiger partial charge in [-0.1, -0.05) is 18.6 Å². The Kier molecular flexibility index (Phi) is 5.76. The second kappa shape index (κ2) is 8.30. The summed E-state index contributed by atoms with van der Waals surface area (Å²) >= 11 is 0. The Bertz CT molecular complexity index is 762. The average molecular weight is 401 g/mol. The van der Waals surface area contributed by atoms with Crippen molar-refractivity contribution in [1.82, 2.24) is 10.2 Å². The van der Waals surface area contributed by atoms with E-state index < -0.39 is 0 Å². The van der Waals surface area contributed by atoms with Gasteiger partial charge >= 0.3 is 0 Å². The monoisotopic (exact) mass is 400 g/mol. The van der Waals surface area contributed by atoms with Crippen LogP contribution < -0.4 is 10.2 Å². The number of benzene rings is 1. The number of amides is 1. The van der Waals surface area contributed by atoms with Crippen LogP contribution in [-0.2, 0) is 4.79 Å². The van der Waals surface area contributed by atoms with Crippen molar-refractivity contribution >= 4 is 17.3 Å². The van der Waals surface area contributed by atoms with Crippen molar-refractivity contribution in [3.8, 4) is 0 Å². The average Bonchev–Trinajstić information content (AvgIpc) is 3.37. The zero-order valence-corrected chi connectivity index (χ0v) is 17.4. The van der Waals surface area contributed by atoms with E-state index in [2.05, 4.69) is 22.0 Å². The van der Waals surface area contributed by atoms with Crippen LogP contribution in [0.25, 0.3) is 0 Å². The lowest BCUT2D eigenvalue weighted by Gasteiger charge is -2.39. The SMILES string of the molecule is CC(NC(=O)C(C)N1CCN(c2ccccc2[N+](=O)[O-])CC1)C1CC2CCC1C2. The highest BCUT2D eigenvalue weighted by atomic mass is 16.6. The molecule has 1 heterocycles. The second-order valence-electron chi connectivity index (χ2n) is 9.08. The first kappa shape index (κ1) is 20.1. The first-order chi connectivity index (χ1) is 13.9. The van der Waals surface area contributed by atoms with Gasteiger partial charge in [-0.3, -0.25) is 19.8 Å². The van der Waals surface area contributed by atoms with Gasteiger partial charge in [0.05, 0.1) is 11.0 Å². The van der Waals surface area contributed by atoms with Gasteiger partial charge in [0.15, 0.2) is 0 Å². The number of fused-ring (bicyclic) bond motifs is 2. The maximum absolute atomic E-state index is 12.9. The van der Waals surface area contributed by atoms with Crippen molar-refractivity contribution in [1.29, 1.82) is 0 Å². The molecule has 4 rings (SSSR count). The minimum atomic E-state index is -0.325. The molecule has 7 nitrogen and oxygen atoms in total. The highest BCUT2D eigenvalue weighted by molar-refractivity contribution is 5.81. The summed E-state index contributed by atoms with van der Waals surface area (Å²) in [7, 11) is 0. The van der Waals surface area contributed by atoms with E-state index in [4.69, 9.17) is 0 Å². The zero-order valence-electron chi connectivity index (χ0n) is 17.4. The molecular weight excluding hydrogens is 368 g/mol. The third kappa shape index (κ3) is 4.10. The number of rotatable bonds is 6. The van der Waals surface area contributed by atoms with Gasteiger partial charge in [-0.15, -0.1) is 0 Å². The number of nitro groups is 1. The molecule has 5 atom stereocenters. The van der Waals surface area contributed by atoms with E-state index in [1.54, 1.807) is 18.2 Å². The molecule has 1 aliphatic heterocycles. The minimum absolute atomic E-state index is 0.111. The van der Waals surface area contributed by atoms with Crippen LogP contribution in [0.4, 0.5) is 11.4 Å². The van der Waals surface area contributed by atoms with Crippen LogP contribution in [0.3, 0.4) is 0 Å². The molecule has 158 valence electrons. The van der Waals surface area contributed by atoms with E-state index in [-0.39, 0.29) is 28.6 Å². The van der Waals surface area contributed by atoms with Gasteiger partial charge in [0.2, 0.25) is 5.91 Å². The van der Waals surface area contributed by atoms with Gasteiger partial charge in [0, 0.05) is 38.3 Å². The number of nitrogens with one attached hydrogen (secondary N) is 1. The summed E-state index contributed by atoms with van der Waals surface area (Å²) in [5.41, 5.74) is 0.811. The molecule has 1 saturated heterocycles. The zero-order chi connectivity index (χ0) is 20.5. The van der Waals surface area contributed by atoms with Crippen LogP contribution in [0.5, 0.6) is 0 Å². The Labute approximate surface area is 172 Å². The number of carbonyl (C=O) groups excluding carboxylic acids is 1. The van der Waals surface area contributed by atoms with Crippen LogP contribution in [0.15, 0.2) is 24.3 Å². The molecule has 1 aromatic carbocycles. The molecule has 0 radical (unpaired) electrons. The summed E-state index contributed by atoms with van der Waals surface area (Å²) in [6.07, 6.45) is 5.34. The van der Waals surface area contributed by atoms with E-state index in [0.29, 0.717) is 24.7 Å². The van der Waals surface area contributed by atoms with Crippen molar-refractivity contribution in [3.05, 3.63) is 34.4 Å². The van der Waals surface area contributed by atoms with Crippen LogP contribution >= 0.6 is 0 Å². The third-order valence-electron chi connectivity index (χ3n) is 7.47. The molecule has 1 N–H and O–H groups in total. The first-order valence-corrected chi connectivity index (χ1v) is 11.0. The lowest BCUT2D eigenvalue weighted by Crippen LogP contribution is -2.55. The fourth-order valence-electron chi connectivity index (χ4n) is 5.76. The number of hydrogen-bond donors (Lipinski definition) is 1. The summed E-state index contributed by atoms with van der Waals surface area (Å²) in [4.78, 5) is 28.1. The number of anilines is 1. The molecule has 3 fully saturated rings. The quantitative estimate of drug-likeness (QED) is 0.587. The summed E-state index contributed by atoms with van der Waals surface area (Å²) < 4.78 is 0. The Morgan fingerprint density at radius 2 is 1.86 bits per heavy atom. The fourth-order valence-corrected chi connectivity index (χ4v) is 5.76. The number of hydrogen-bond acceptors (Lipinski definition) is 5. The molecular formula is C22H32N4O3. The predicted octanol–water partition coefficient (Wildman–Crippen LogP) is 3.05. The Morgan fingerprint density at radius 3 is 2.48 bits per heavy atom. The molecule has 0 aromatic heterocycles. The molecule has 29 heavy (non-hydrogen) atoms. The van der Waals surface area contributed by atoms with Gasteiger partial charge in [-0.25, -0.2) is 0 Å². The van der Waals surface area contributed by atoms with Crippen molar-refractivity contribution in [2.75, 3.05) is 31.1 Å². The standard InChI is InChI=1S/C22H32N4O3/c1-15(19-14-17-7-8-18(19)13-17)23-22(27)16(2)24-9-11-25(12-10-24)20-5-3-4-6-21(20)26(28)29/h3-6,15-19H,7-14H2,1-2H3,(H,23,27). The fraction of sp³-hybridized carbons (Fsp3) is 0.682. The highest BCUT2D eigenvalue weighted by Crippen LogP contribution is 2.49. The molecule has 2 aliphatic carbocycles. The van der Waals surface area contributed by atoms with E-state index in [0.717, 1.165) is 24.9 Å². The van der Waals surface area contributed by atoms with Crippen molar-refractivity contribution < 1.29 is 9.72 Å². The van der Waals surface area contributed by atoms with E-state index in [1.165, 1.54) is 25.7 Å². The van der Waals surface area contributed by atoms with Crippen molar-refractivity contribution in [3.63, 3.8) is 0 Å².